The highest BCUT2D eigenvalue weighted by molar-refractivity contribution is 5.79. The molecular weight excluding hydrogens is 254 g/mol. The van der Waals surface area contributed by atoms with Crippen molar-refractivity contribution < 1.29 is 15.0 Å². The van der Waals surface area contributed by atoms with E-state index in [4.69, 9.17) is 0 Å². The molecule has 0 aromatic heterocycles. The number of aromatic hydroxyl groups is 1. The number of likely N-dealkylation sites (tertiary alicyclic amines) is 1. The molecule has 1 heterocycles. The fourth-order valence-corrected chi connectivity index (χ4v) is 2.89. The standard InChI is InChI=1S/C16H23NO3/c1-12(18)10-14-7-4-5-9-17(14)16(20)11-13-6-2-3-8-15(13)19/h2-3,6,8,12,14,18-19H,4-5,7,9-11H2,1H3. The summed E-state index contributed by atoms with van der Waals surface area (Å²) < 4.78 is 0. The van der Waals surface area contributed by atoms with Gasteiger partial charge in [-0.2, -0.15) is 0 Å². The Morgan fingerprint density at radius 1 is 1.40 bits per heavy atom. The Morgan fingerprint density at radius 3 is 2.85 bits per heavy atom. The summed E-state index contributed by atoms with van der Waals surface area (Å²) in [4.78, 5) is 14.3. The molecule has 1 fully saturated rings. The average Bonchev–Trinajstić information content (AvgIpc) is 2.41. The van der Waals surface area contributed by atoms with Gasteiger partial charge in [-0.15, -0.1) is 0 Å². The van der Waals surface area contributed by atoms with Crippen molar-refractivity contribution in [3.8, 4) is 5.75 Å². The number of carbonyl (C=O) groups excluding carboxylic acids is 1. The lowest BCUT2D eigenvalue weighted by atomic mass is 9.96. The molecule has 1 aliphatic rings. The largest absolute Gasteiger partial charge is 0.508 e. The van der Waals surface area contributed by atoms with Crippen LogP contribution in [0.2, 0.25) is 0 Å². The third-order valence-electron chi connectivity index (χ3n) is 3.89. The van der Waals surface area contributed by atoms with Crippen LogP contribution in [0.15, 0.2) is 24.3 Å². The molecule has 0 bridgehead atoms. The van der Waals surface area contributed by atoms with Crippen LogP contribution >= 0.6 is 0 Å². The molecule has 0 spiro atoms. The number of hydrogen-bond donors (Lipinski definition) is 2. The smallest absolute Gasteiger partial charge is 0.227 e. The molecule has 0 aliphatic carbocycles. The maximum atomic E-state index is 12.4. The van der Waals surface area contributed by atoms with Gasteiger partial charge < -0.3 is 15.1 Å². The molecule has 2 N–H and O–H groups in total. The third-order valence-corrected chi connectivity index (χ3v) is 3.89. The SMILES string of the molecule is CC(O)CC1CCCCN1C(=O)Cc1ccccc1O. The van der Waals surface area contributed by atoms with Gasteiger partial charge in [0, 0.05) is 18.2 Å². The number of rotatable bonds is 4. The van der Waals surface area contributed by atoms with Gasteiger partial charge in [-0.1, -0.05) is 18.2 Å². The first-order valence-corrected chi connectivity index (χ1v) is 7.32. The summed E-state index contributed by atoms with van der Waals surface area (Å²) in [5.74, 6) is 0.210. The Bertz CT molecular complexity index is 459. The summed E-state index contributed by atoms with van der Waals surface area (Å²) in [6.45, 7) is 2.52. The molecule has 0 saturated carbocycles. The molecule has 110 valence electrons. The summed E-state index contributed by atoms with van der Waals surface area (Å²) in [6, 6.07) is 7.08. The first-order chi connectivity index (χ1) is 9.58. The topological polar surface area (TPSA) is 60.8 Å². The molecule has 0 radical (unpaired) electrons. The number of para-hydroxylation sites is 1. The van der Waals surface area contributed by atoms with Crippen molar-refractivity contribution in [2.24, 2.45) is 0 Å². The zero-order valence-corrected chi connectivity index (χ0v) is 12.0. The van der Waals surface area contributed by atoms with Crippen molar-refractivity contribution in [3.05, 3.63) is 29.8 Å². The van der Waals surface area contributed by atoms with Crippen LogP contribution in [0.25, 0.3) is 0 Å². The molecule has 2 atom stereocenters. The van der Waals surface area contributed by atoms with Crippen molar-refractivity contribution in [1.29, 1.82) is 0 Å². The van der Waals surface area contributed by atoms with E-state index in [1.165, 1.54) is 0 Å². The summed E-state index contributed by atoms with van der Waals surface area (Å²) in [6.07, 6.45) is 3.55. The van der Waals surface area contributed by atoms with Crippen LogP contribution in [0.5, 0.6) is 5.75 Å². The van der Waals surface area contributed by atoms with Crippen LogP contribution in [0, 0.1) is 0 Å². The van der Waals surface area contributed by atoms with Gasteiger partial charge in [-0.3, -0.25) is 4.79 Å². The van der Waals surface area contributed by atoms with Gasteiger partial charge >= 0.3 is 0 Å². The first kappa shape index (κ1) is 14.9. The fraction of sp³-hybridized carbons (Fsp3) is 0.562. The normalized spacial score (nSPS) is 20.7. The minimum absolute atomic E-state index is 0.0388. The van der Waals surface area contributed by atoms with Crippen molar-refractivity contribution >= 4 is 5.91 Å². The summed E-state index contributed by atoms with van der Waals surface area (Å²) in [5.41, 5.74) is 0.666. The second-order valence-electron chi connectivity index (χ2n) is 5.63. The quantitative estimate of drug-likeness (QED) is 0.886. The molecule has 1 aliphatic heterocycles. The third kappa shape index (κ3) is 3.73. The Labute approximate surface area is 120 Å². The number of nitrogens with zero attached hydrogens (tertiary/aromatic N) is 1. The number of carbonyl (C=O) groups is 1. The van der Waals surface area contributed by atoms with Crippen LogP contribution in [-0.2, 0) is 11.2 Å². The van der Waals surface area contributed by atoms with E-state index in [-0.39, 0.29) is 24.1 Å². The van der Waals surface area contributed by atoms with E-state index in [1.807, 2.05) is 11.0 Å². The predicted molar refractivity (Wildman–Crippen MR) is 77.5 cm³/mol. The summed E-state index contributed by atoms with van der Waals surface area (Å²) in [7, 11) is 0. The molecule has 2 rings (SSSR count). The molecular formula is C16H23NO3. The lowest BCUT2D eigenvalue weighted by molar-refractivity contribution is -0.134. The molecule has 1 amide bonds. The van der Waals surface area contributed by atoms with Gasteiger partial charge in [0.1, 0.15) is 5.75 Å². The summed E-state index contributed by atoms with van der Waals surface area (Å²) in [5, 5.41) is 19.3. The van der Waals surface area contributed by atoms with Crippen LogP contribution in [0.4, 0.5) is 0 Å². The predicted octanol–water partition coefficient (Wildman–Crippen LogP) is 2.09. The number of piperidine rings is 1. The lowest BCUT2D eigenvalue weighted by Crippen LogP contribution is -2.45. The number of benzene rings is 1. The zero-order valence-electron chi connectivity index (χ0n) is 12.0. The monoisotopic (exact) mass is 277 g/mol. The number of phenolic OH excluding ortho intramolecular Hbond substituents is 1. The van der Waals surface area contributed by atoms with Gasteiger partial charge in [0.2, 0.25) is 5.91 Å². The van der Waals surface area contributed by atoms with Gasteiger partial charge in [-0.05, 0) is 38.7 Å². The average molecular weight is 277 g/mol. The molecule has 1 aromatic carbocycles. The zero-order chi connectivity index (χ0) is 14.5. The highest BCUT2D eigenvalue weighted by Gasteiger charge is 2.27. The fourth-order valence-electron chi connectivity index (χ4n) is 2.89. The Kier molecular flexibility index (Phi) is 5.01. The molecule has 1 aromatic rings. The number of hydrogen-bond acceptors (Lipinski definition) is 3. The van der Waals surface area contributed by atoms with Crippen molar-refractivity contribution in [3.63, 3.8) is 0 Å². The van der Waals surface area contributed by atoms with E-state index in [0.717, 1.165) is 25.8 Å². The van der Waals surface area contributed by atoms with Crippen LogP contribution in [-0.4, -0.2) is 39.7 Å². The Balaban J connectivity index is 2.04. The number of aliphatic hydroxyl groups is 1. The van der Waals surface area contributed by atoms with E-state index in [0.29, 0.717) is 12.0 Å². The summed E-state index contributed by atoms with van der Waals surface area (Å²) >= 11 is 0. The minimum Gasteiger partial charge on any atom is -0.508 e. The van der Waals surface area contributed by atoms with E-state index in [2.05, 4.69) is 0 Å². The van der Waals surface area contributed by atoms with Gasteiger partial charge in [-0.25, -0.2) is 0 Å². The Morgan fingerprint density at radius 2 is 2.15 bits per heavy atom. The number of phenols is 1. The maximum Gasteiger partial charge on any atom is 0.227 e. The maximum absolute atomic E-state index is 12.4. The van der Waals surface area contributed by atoms with E-state index in [9.17, 15) is 15.0 Å². The van der Waals surface area contributed by atoms with E-state index in [1.54, 1.807) is 25.1 Å². The second-order valence-corrected chi connectivity index (χ2v) is 5.63. The highest BCUT2D eigenvalue weighted by Crippen LogP contribution is 2.23. The van der Waals surface area contributed by atoms with Gasteiger partial charge in [0.05, 0.1) is 12.5 Å². The Hall–Kier alpha value is -1.55. The number of amides is 1. The van der Waals surface area contributed by atoms with Crippen LogP contribution in [0.3, 0.4) is 0 Å². The highest BCUT2D eigenvalue weighted by atomic mass is 16.3. The van der Waals surface area contributed by atoms with Crippen molar-refractivity contribution in [2.45, 2.75) is 51.2 Å². The minimum atomic E-state index is -0.390. The van der Waals surface area contributed by atoms with Crippen LogP contribution < -0.4 is 0 Å². The molecule has 4 nitrogen and oxygen atoms in total. The number of aliphatic hydroxyl groups excluding tert-OH is 1. The molecule has 1 saturated heterocycles. The van der Waals surface area contributed by atoms with E-state index >= 15 is 0 Å². The van der Waals surface area contributed by atoms with Crippen molar-refractivity contribution in [1.82, 2.24) is 4.90 Å². The van der Waals surface area contributed by atoms with E-state index < -0.39 is 6.10 Å². The van der Waals surface area contributed by atoms with Gasteiger partial charge in [0.15, 0.2) is 0 Å². The second kappa shape index (κ2) is 6.75. The first-order valence-electron chi connectivity index (χ1n) is 7.32. The van der Waals surface area contributed by atoms with Gasteiger partial charge in [0.25, 0.3) is 0 Å². The van der Waals surface area contributed by atoms with Crippen LogP contribution in [0.1, 0.15) is 38.2 Å². The molecule has 20 heavy (non-hydrogen) atoms. The van der Waals surface area contributed by atoms with Crippen molar-refractivity contribution in [2.75, 3.05) is 6.54 Å². The molecule has 4 heteroatoms. The molecule has 2 unspecified atom stereocenters. The lowest BCUT2D eigenvalue weighted by Gasteiger charge is -2.36.